The molecule has 0 aliphatic carbocycles. The molecule has 0 unspecified atom stereocenters. The summed E-state index contributed by atoms with van der Waals surface area (Å²) in [6.45, 7) is 0.447. The van der Waals surface area contributed by atoms with E-state index in [4.69, 9.17) is 14.7 Å². The minimum atomic E-state index is 0.175. The smallest absolute Gasteiger partial charge is 0.231 e. The predicted octanol–water partition coefficient (Wildman–Crippen LogP) is 1.36. The Balaban J connectivity index is 2.17. The zero-order chi connectivity index (χ0) is 9.80. The summed E-state index contributed by atoms with van der Waals surface area (Å²) in [6, 6.07) is 7.47. The molecule has 0 radical (unpaired) electrons. The summed E-state index contributed by atoms with van der Waals surface area (Å²) in [4.78, 5) is 3.90. The van der Waals surface area contributed by atoms with Crippen molar-refractivity contribution in [1.82, 2.24) is 0 Å². The van der Waals surface area contributed by atoms with Gasteiger partial charge in [0.05, 0.1) is 6.07 Å². The topological polar surface area (TPSA) is 54.6 Å². The zero-order valence-corrected chi connectivity index (χ0v) is 7.43. The predicted molar refractivity (Wildman–Crippen MR) is 50.6 cm³/mol. The van der Waals surface area contributed by atoms with E-state index in [1.807, 2.05) is 24.3 Å². The molecule has 1 aliphatic rings. The number of benzene rings is 1. The van der Waals surface area contributed by atoms with Crippen LogP contribution in [0.5, 0.6) is 11.5 Å². The molecule has 0 saturated heterocycles. The van der Waals surface area contributed by atoms with Crippen LogP contribution in [0.25, 0.3) is 0 Å². The van der Waals surface area contributed by atoms with Crippen LogP contribution in [0.1, 0.15) is 5.56 Å². The summed E-state index contributed by atoms with van der Waals surface area (Å²) in [5, 5.41) is 8.29. The van der Waals surface area contributed by atoms with Gasteiger partial charge in [-0.05, 0) is 23.8 Å². The number of hydrogen-bond donors (Lipinski definition) is 0. The first kappa shape index (κ1) is 8.57. The maximum absolute atomic E-state index is 8.29. The van der Waals surface area contributed by atoms with Crippen LogP contribution < -0.4 is 9.47 Å². The molecule has 0 fully saturated rings. The first-order valence-corrected chi connectivity index (χ1v) is 4.16. The number of nitriles is 1. The Labute approximate surface area is 81.4 Å². The highest BCUT2D eigenvalue weighted by molar-refractivity contribution is 5.81. The first-order valence-electron chi connectivity index (χ1n) is 4.16. The van der Waals surface area contributed by atoms with E-state index in [1.165, 1.54) is 0 Å². The minimum absolute atomic E-state index is 0.175. The zero-order valence-electron chi connectivity index (χ0n) is 7.43. The number of fused-ring (bicyclic) bond motifs is 1. The Kier molecular flexibility index (Phi) is 2.32. The highest BCUT2D eigenvalue weighted by atomic mass is 16.7. The maximum Gasteiger partial charge on any atom is 0.231 e. The van der Waals surface area contributed by atoms with Crippen LogP contribution in [0.2, 0.25) is 0 Å². The first-order chi connectivity index (χ1) is 6.90. The van der Waals surface area contributed by atoms with Crippen LogP contribution in [-0.2, 0) is 0 Å². The van der Waals surface area contributed by atoms with Gasteiger partial charge in [0.1, 0.15) is 6.54 Å². The highest BCUT2D eigenvalue weighted by Gasteiger charge is 2.12. The monoisotopic (exact) mass is 188 g/mol. The van der Waals surface area contributed by atoms with Gasteiger partial charge in [0.25, 0.3) is 0 Å². The Morgan fingerprint density at radius 2 is 2.29 bits per heavy atom. The van der Waals surface area contributed by atoms with Crippen LogP contribution in [-0.4, -0.2) is 19.6 Å². The molecule has 4 heteroatoms. The standard InChI is InChI=1S/C10H8N2O2/c11-3-4-12-6-8-1-2-9-10(5-8)14-7-13-9/h1-2,5-6H,4,7H2. The lowest BCUT2D eigenvalue weighted by Gasteiger charge is -1.96. The highest BCUT2D eigenvalue weighted by Crippen LogP contribution is 2.31. The second-order valence-electron chi connectivity index (χ2n) is 2.74. The van der Waals surface area contributed by atoms with Crippen molar-refractivity contribution in [2.75, 3.05) is 13.3 Å². The summed E-state index contributed by atoms with van der Waals surface area (Å²) in [7, 11) is 0. The molecule has 2 rings (SSSR count). The van der Waals surface area contributed by atoms with Crippen LogP contribution in [0.4, 0.5) is 0 Å². The lowest BCUT2D eigenvalue weighted by Crippen LogP contribution is -1.92. The van der Waals surface area contributed by atoms with E-state index in [1.54, 1.807) is 6.21 Å². The van der Waals surface area contributed by atoms with Crippen molar-refractivity contribution < 1.29 is 9.47 Å². The molecule has 4 nitrogen and oxygen atoms in total. The van der Waals surface area contributed by atoms with E-state index in [9.17, 15) is 0 Å². The van der Waals surface area contributed by atoms with Gasteiger partial charge < -0.3 is 9.47 Å². The van der Waals surface area contributed by atoms with Crippen LogP contribution in [0.3, 0.4) is 0 Å². The second kappa shape index (κ2) is 3.79. The molecular weight excluding hydrogens is 180 g/mol. The molecule has 1 aliphatic heterocycles. The van der Waals surface area contributed by atoms with E-state index >= 15 is 0 Å². The maximum atomic E-state index is 8.29. The number of nitrogens with zero attached hydrogens (tertiary/aromatic N) is 2. The van der Waals surface area contributed by atoms with E-state index in [-0.39, 0.29) is 13.3 Å². The summed E-state index contributed by atoms with van der Waals surface area (Å²) < 4.78 is 10.4. The summed E-state index contributed by atoms with van der Waals surface area (Å²) >= 11 is 0. The Morgan fingerprint density at radius 3 is 3.14 bits per heavy atom. The fourth-order valence-electron chi connectivity index (χ4n) is 1.19. The van der Waals surface area contributed by atoms with Gasteiger partial charge in [-0.1, -0.05) is 0 Å². The van der Waals surface area contributed by atoms with E-state index < -0.39 is 0 Å². The number of ether oxygens (including phenoxy) is 2. The molecule has 0 N–H and O–H groups in total. The van der Waals surface area contributed by atoms with Crippen LogP contribution in [0, 0.1) is 11.3 Å². The van der Waals surface area contributed by atoms with Gasteiger partial charge >= 0.3 is 0 Å². The Bertz CT molecular complexity index is 407. The molecule has 14 heavy (non-hydrogen) atoms. The van der Waals surface area contributed by atoms with Crippen molar-refractivity contribution in [1.29, 1.82) is 5.26 Å². The van der Waals surface area contributed by atoms with Gasteiger partial charge in [-0.3, -0.25) is 4.99 Å². The molecule has 0 saturated carbocycles. The molecule has 1 aromatic carbocycles. The number of aliphatic imine (C=N–C) groups is 1. The van der Waals surface area contributed by atoms with Crippen molar-refractivity contribution in [3.63, 3.8) is 0 Å². The molecule has 0 atom stereocenters. The molecule has 70 valence electrons. The third-order valence-corrected chi connectivity index (χ3v) is 1.80. The van der Waals surface area contributed by atoms with Crippen molar-refractivity contribution in [2.24, 2.45) is 4.99 Å². The Hall–Kier alpha value is -2.02. The van der Waals surface area contributed by atoms with Crippen molar-refractivity contribution in [3.05, 3.63) is 23.8 Å². The molecular formula is C10H8N2O2. The SMILES string of the molecule is N#CCN=Cc1ccc2c(c1)OCO2. The minimum Gasteiger partial charge on any atom is -0.454 e. The summed E-state index contributed by atoms with van der Waals surface area (Å²) in [5.74, 6) is 1.48. The number of rotatable bonds is 2. The average Bonchev–Trinajstić information content (AvgIpc) is 2.65. The lowest BCUT2D eigenvalue weighted by atomic mass is 10.2. The van der Waals surface area contributed by atoms with Gasteiger partial charge in [-0.15, -0.1) is 0 Å². The van der Waals surface area contributed by atoms with Crippen molar-refractivity contribution in [3.8, 4) is 17.6 Å². The second-order valence-corrected chi connectivity index (χ2v) is 2.74. The van der Waals surface area contributed by atoms with Crippen molar-refractivity contribution >= 4 is 6.21 Å². The fourth-order valence-corrected chi connectivity index (χ4v) is 1.19. The van der Waals surface area contributed by atoms with Gasteiger partial charge in [-0.2, -0.15) is 5.26 Å². The molecule has 0 spiro atoms. The molecule has 0 amide bonds. The van der Waals surface area contributed by atoms with E-state index in [2.05, 4.69) is 4.99 Å². The largest absolute Gasteiger partial charge is 0.454 e. The average molecular weight is 188 g/mol. The van der Waals surface area contributed by atoms with Gasteiger partial charge in [0.15, 0.2) is 11.5 Å². The van der Waals surface area contributed by atoms with Crippen LogP contribution in [0.15, 0.2) is 23.2 Å². The summed E-state index contributed by atoms with van der Waals surface area (Å²) in [5.41, 5.74) is 0.907. The van der Waals surface area contributed by atoms with E-state index in [0.717, 1.165) is 17.1 Å². The van der Waals surface area contributed by atoms with Gasteiger partial charge in [-0.25, -0.2) is 0 Å². The molecule has 1 aromatic rings. The normalized spacial score (nSPS) is 13.1. The van der Waals surface area contributed by atoms with E-state index in [0.29, 0.717) is 0 Å². The molecule has 1 heterocycles. The Morgan fingerprint density at radius 1 is 1.43 bits per heavy atom. The third-order valence-electron chi connectivity index (χ3n) is 1.80. The third kappa shape index (κ3) is 1.67. The van der Waals surface area contributed by atoms with Gasteiger partial charge in [0.2, 0.25) is 6.79 Å². The van der Waals surface area contributed by atoms with Crippen molar-refractivity contribution in [2.45, 2.75) is 0 Å². The van der Waals surface area contributed by atoms with Crippen LogP contribution >= 0.6 is 0 Å². The quantitative estimate of drug-likeness (QED) is 0.520. The molecule has 0 bridgehead atoms. The lowest BCUT2D eigenvalue weighted by molar-refractivity contribution is 0.174. The number of hydrogen-bond acceptors (Lipinski definition) is 4. The summed E-state index contributed by atoms with van der Waals surface area (Å²) in [6.07, 6.45) is 1.64. The fraction of sp³-hybridized carbons (Fsp3) is 0.200. The molecule has 0 aromatic heterocycles. The van der Waals surface area contributed by atoms with Gasteiger partial charge in [0, 0.05) is 6.21 Å².